The Morgan fingerprint density at radius 1 is 1.03 bits per heavy atom. The van der Waals surface area contributed by atoms with Crippen LogP contribution in [-0.4, -0.2) is 32.0 Å². The van der Waals surface area contributed by atoms with Gasteiger partial charge in [0.05, 0.1) is 5.76 Å². The lowest BCUT2D eigenvalue weighted by atomic mass is 9.78. The van der Waals surface area contributed by atoms with Gasteiger partial charge >= 0.3 is 0 Å². The number of rotatable bonds is 11. The maximum Gasteiger partial charge on any atom is 0.272 e. The maximum absolute atomic E-state index is 5.92. The van der Waals surface area contributed by atoms with Crippen molar-refractivity contribution in [3.63, 3.8) is 0 Å². The Morgan fingerprint density at radius 3 is 2.06 bits per heavy atom. The fourth-order valence-electron chi connectivity index (χ4n) is 3.52. The molecule has 0 saturated carbocycles. The van der Waals surface area contributed by atoms with E-state index in [9.17, 15) is 0 Å². The zero-order valence-electron chi connectivity index (χ0n) is 19.6. The van der Waals surface area contributed by atoms with Crippen LogP contribution in [0.25, 0.3) is 0 Å². The molecule has 0 radical (unpaired) electrons. The molecule has 172 valence electrons. The highest BCUT2D eigenvalue weighted by molar-refractivity contribution is 5.41. The van der Waals surface area contributed by atoms with Crippen molar-refractivity contribution in [3.8, 4) is 11.5 Å². The molecule has 1 aliphatic heterocycles. The second-order valence-electron chi connectivity index (χ2n) is 8.57. The molecule has 1 fully saturated rings. The van der Waals surface area contributed by atoms with Crippen LogP contribution in [0.15, 0.2) is 73.4 Å². The molecule has 0 amide bonds. The topological polar surface area (TPSA) is 46.2 Å². The zero-order valence-corrected chi connectivity index (χ0v) is 19.6. The maximum atomic E-state index is 5.92. The molecular weight excluding hydrogens is 404 g/mol. The molecule has 2 aromatic carbocycles. The molecule has 5 heteroatoms. The molecule has 1 aliphatic rings. The number of allylic oxidation sites excluding steroid dienone is 1. The quantitative estimate of drug-likeness (QED) is 0.404. The molecule has 2 aromatic rings. The summed E-state index contributed by atoms with van der Waals surface area (Å²) in [5.41, 5.74) is 2.25. The molecule has 32 heavy (non-hydrogen) atoms. The molecule has 1 heterocycles. The first-order chi connectivity index (χ1) is 15.3. The SMILES string of the molecule is C=C(C)OC(CC)COc1ccc(C(C)(C)c2ccc(OCC3COC(=C)O3)cc2)cc1. The van der Waals surface area contributed by atoms with Crippen LogP contribution in [0.4, 0.5) is 0 Å². The highest BCUT2D eigenvalue weighted by atomic mass is 16.7. The average Bonchev–Trinajstić information content (AvgIpc) is 3.20. The zero-order chi connectivity index (χ0) is 23.1. The van der Waals surface area contributed by atoms with E-state index in [1.165, 1.54) is 11.1 Å². The van der Waals surface area contributed by atoms with Crippen LogP contribution in [0.5, 0.6) is 11.5 Å². The minimum absolute atomic E-state index is 0.0101. The second-order valence-corrected chi connectivity index (χ2v) is 8.57. The van der Waals surface area contributed by atoms with E-state index in [0.29, 0.717) is 31.5 Å². The first-order valence-corrected chi connectivity index (χ1v) is 11.0. The summed E-state index contributed by atoms with van der Waals surface area (Å²) in [5, 5.41) is 0. The van der Waals surface area contributed by atoms with Crippen molar-refractivity contribution in [2.24, 2.45) is 0 Å². The second kappa shape index (κ2) is 10.5. The predicted octanol–water partition coefficient (Wildman–Crippen LogP) is 5.99. The summed E-state index contributed by atoms with van der Waals surface area (Å²) < 4.78 is 28.0. The van der Waals surface area contributed by atoms with Crippen molar-refractivity contribution in [3.05, 3.63) is 84.5 Å². The Hall–Kier alpha value is -3.08. The molecule has 2 unspecified atom stereocenters. The first-order valence-electron chi connectivity index (χ1n) is 11.0. The molecule has 0 bridgehead atoms. The van der Waals surface area contributed by atoms with Gasteiger partial charge in [-0.1, -0.05) is 51.6 Å². The standard InChI is InChI=1S/C27H34O5/c1-7-23(31-19(2)3)16-29-24-12-8-21(9-13-24)27(5,6)22-10-14-25(15-11-22)30-18-26-17-28-20(4)32-26/h8-15,23,26H,2,4,7,16-18H2,1,3,5-6H3. The van der Waals surface area contributed by atoms with Crippen LogP contribution in [0.3, 0.4) is 0 Å². The summed E-state index contributed by atoms with van der Waals surface area (Å²) in [7, 11) is 0. The van der Waals surface area contributed by atoms with Crippen molar-refractivity contribution in [2.45, 2.75) is 51.7 Å². The Labute approximate surface area is 191 Å². The van der Waals surface area contributed by atoms with Crippen LogP contribution in [0.1, 0.15) is 45.2 Å². The lowest BCUT2D eigenvalue weighted by Crippen LogP contribution is -2.21. The first kappa shape index (κ1) is 23.6. The number of ether oxygens (including phenoxy) is 5. The van der Waals surface area contributed by atoms with Gasteiger partial charge < -0.3 is 23.7 Å². The monoisotopic (exact) mass is 438 g/mol. The molecule has 2 atom stereocenters. The summed E-state index contributed by atoms with van der Waals surface area (Å²) in [6, 6.07) is 16.4. The largest absolute Gasteiger partial charge is 0.492 e. The summed E-state index contributed by atoms with van der Waals surface area (Å²) in [4.78, 5) is 0. The molecule has 0 spiro atoms. The smallest absolute Gasteiger partial charge is 0.272 e. The molecule has 0 N–H and O–H groups in total. The van der Waals surface area contributed by atoms with E-state index in [-0.39, 0.29) is 17.6 Å². The molecule has 1 saturated heterocycles. The summed E-state index contributed by atoms with van der Waals surface area (Å²) in [6.07, 6.45) is 0.768. The van der Waals surface area contributed by atoms with E-state index >= 15 is 0 Å². The Balaban J connectivity index is 1.58. The lowest BCUT2D eigenvalue weighted by Gasteiger charge is -2.26. The van der Waals surface area contributed by atoms with E-state index in [2.05, 4.69) is 58.2 Å². The third-order valence-electron chi connectivity index (χ3n) is 5.58. The van der Waals surface area contributed by atoms with Crippen LogP contribution in [-0.2, 0) is 19.6 Å². The van der Waals surface area contributed by atoms with Gasteiger partial charge in [0.15, 0.2) is 6.10 Å². The van der Waals surface area contributed by atoms with Gasteiger partial charge in [-0.05, 0) is 55.3 Å². The van der Waals surface area contributed by atoms with Crippen molar-refractivity contribution < 1.29 is 23.7 Å². The van der Waals surface area contributed by atoms with Crippen molar-refractivity contribution >= 4 is 0 Å². The van der Waals surface area contributed by atoms with Crippen LogP contribution < -0.4 is 9.47 Å². The Kier molecular flexibility index (Phi) is 7.73. The van der Waals surface area contributed by atoms with E-state index < -0.39 is 0 Å². The fourth-order valence-corrected chi connectivity index (χ4v) is 3.52. The van der Waals surface area contributed by atoms with Crippen molar-refractivity contribution in [1.82, 2.24) is 0 Å². The summed E-state index contributed by atoms with van der Waals surface area (Å²) in [6.45, 7) is 17.2. The van der Waals surface area contributed by atoms with E-state index in [0.717, 1.165) is 17.9 Å². The minimum atomic E-state index is -0.160. The predicted molar refractivity (Wildman–Crippen MR) is 126 cm³/mol. The van der Waals surface area contributed by atoms with Crippen LogP contribution in [0, 0.1) is 0 Å². The lowest BCUT2D eigenvalue weighted by molar-refractivity contribution is 0.0674. The minimum Gasteiger partial charge on any atom is -0.492 e. The Bertz CT molecular complexity index is 899. The highest BCUT2D eigenvalue weighted by Gasteiger charge is 2.24. The summed E-state index contributed by atoms with van der Waals surface area (Å²) >= 11 is 0. The normalized spacial score (nSPS) is 16.6. The summed E-state index contributed by atoms with van der Waals surface area (Å²) in [5.74, 6) is 2.70. The molecule has 0 aliphatic carbocycles. The van der Waals surface area contributed by atoms with Crippen LogP contribution >= 0.6 is 0 Å². The highest BCUT2D eigenvalue weighted by Crippen LogP contribution is 2.33. The molecule has 0 aromatic heterocycles. The number of hydrogen-bond acceptors (Lipinski definition) is 5. The molecule has 5 nitrogen and oxygen atoms in total. The van der Waals surface area contributed by atoms with Gasteiger partial charge in [-0.3, -0.25) is 0 Å². The number of benzene rings is 2. The third kappa shape index (κ3) is 6.22. The van der Waals surface area contributed by atoms with E-state index in [4.69, 9.17) is 23.7 Å². The number of hydrogen-bond donors (Lipinski definition) is 0. The fraction of sp³-hybridized carbons (Fsp3) is 0.407. The van der Waals surface area contributed by atoms with Gasteiger partial charge in [0.2, 0.25) is 0 Å². The molecular formula is C27H34O5. The van der Waals surface area contributed by atoms with Gasteiger partial charge in [-0.2, -0.15) is 0 Å². The Morgan fingerprint density at radius 2 is 1.59 bits per heavy atom. The average molecular weight is 439 g/mol. The van der Waals surface area contributed by atoms with E-state index in [1.54, 1.807) is 0 Å². The molecule has 3 rings (SSSR count). The van der Waals surface area contributed by atoms with Crippen LogP contribution in [0.2, 0.25) is 0 Å². The van der Waals surface area contributed by atoms with Gasteiger partial charge in [-0.25, -0.2) is 0 Å². The third-order valence-corrected chi connectivity index (χ3v) is 5.58. The van der Waals surface area contributed by atoms with Crippen molar-refractivity contribution in [1.29, 1.82) is 0 Å². The van der Waals surface area contributed by atoms with Crippen molar-refractivity contribution in [2.75, 3.05) is 19.8 Å². The van der Waals surface area contributed by atoms with Gasteiger partial charge in [0, 0.05) is 5.41 Å². The van der Waals surface area contributed by atoms with Gasteiger partial charge in [-0.15, -0.1) is 0 Å². The van der Waals surface area contributed by atoms with Gasteiger partial charge in [0.1, 0.15) is 37.4 Å². The van der Waals surface area contributed by atoms with E-state index in [1.807, 2.05) is 31.2 Å². The van der Waals surface area contributed by atoms with Gasteiger partial charge in [0.25, 0.3) is 5.95 Å².